The second-order valence-electron chi connectivity index (χ2n) is 5.71. The number of aliphatic carboxylic acids is 1. The highest BCUT2D eigenvalue weighted by molar-refractivity contribution is 5.87. The zero-order valence-electron chi connectivity index (χ0n) is 11.9. The van der Waals surface area contributed by atoms with Gasteiger partial charge in [-0.15, -0.1) is 0 Å². The van der Waals surface area contributed by atoms with Crippen LogP contribution in [0.1, 0.15) is 44.2 Å². The molecule has 0 spiro atoms. The van der Waals surface area contributed by atoms with Gasteiger partial charge in [0.1, 0.15) is 17.5 Å². The number of carboxylic acids is 1. The van der Waals surface area contributed by atoms with Crippen LogP contribution in [0.3, 0.4) is 0 Å². The first-order valence-electron chi connectivity index (χ1n) is 7.17. The molecule has 112 valence electrons. The van der Waals surface area contributed by atoms with Gasteiger partial charge < -0.3 is 14.9 Å². The van der Waals surface area contributed by atoms with E-state index in [9.17, 15) is 9.90 Å². The summed E-state index contributed by atoms with van der Waals surface area (Å²) in [5.74, 6) is -0.182. The topological polar surface area (TPSA) is 101 Å². The zero-order chi connectivity index (χ0) is 14.9. The van der Waals surface area contributed by atoms with Gasteiger partial charge in [0.05, 0.1) is 12.1 Å². The molecule has 0 radical (unpaired) electrons. The van der Waals surface area contributed by atoms with Crippen LogP contribution in [0.5, 0.6) is 0 Å². The van der Waals surface area contributed by atoms with Crippen molar-refractivity contribution in [2.24, 2.45) is 0 Å². The fourth-order valence-electron chi connectivity index (χ4n) is 3.13. The van der Waals surface area contributed by atoms with E-state index in [1.807, 2.05) is 6.92 Å². The number of aromatic nitrogens is 3. The molecule has 21 heavy (non-hydrogen) atoms. The minimum Gasteiger partial charge on any atom is -0.481 e. The monoisotopic (exact) mass is 290 g/mol. The molecular weight excluding hydrogens is 272 g/mol. The van der Waals surface area contributed by atoms with E-state index < -0.39 is 11.5 Å². The molecule has 1 fully saturated rings. The lowest BCUT2D eigenvalue weighted by atomic mass is 9.79. The molecule has 2 aromatic rings. The van der Waals surface area contributed by atoms with Crippen LogP contribution in [0.4, 0.5) is 5.82 Å². The van der Waals surface area contributed by atoms with Gasteiger partial charge in [-0.1, -0.05) is 24.4 Å². The number of aryl methyl sites for hydroxylation is 1. The Balaban J connectivity index is 1.97. The van der Waals surface area contributed by atoms with E-state index in [0.717, 1.165) is 37.5 Å². The predicted molar refractivity (Wildman–Crippen MR) is 76.0 cm³/mol. The molecule has 0 aliphatic heterocycles. The molecule has 1 saturated carbocycles. The standard InChI is InChI=1S/C14H18N4O3/c1-9-11-12(15-8-16-13(11)21-18-9)17-14(7-10(19)20)5-3-2-4-6-14/h8H,2-7H2,1H3,(H,19,20)(H,15,16,17). The van der Waals surface area contributed by atoms with Gasteiger partial charge in [-0.25, -0.2) is 4.98 Å². The molecule has 2 N–H and O–H groups in total. The normalized spacial score (nSPS) is 17.8. The minimum absolute atomic E-state index is 0.0861. The summed E-state index contributed by atoms with van der Waals surface area (Å²) in [4.78, 5) is 19.6. The highest BCUT2D eigenvalue weighted by atomic mass is 16.5. The van der Waals surface area contributed by atoms with Crippen LogP contribution < -0.4 is 5.32 Å². The van der Waals surface area contributed by atoms with E-state index >= 15 is 0 Å². The Morgan fingerprint density at radius 3 is 2.86 bits per heavy atom. The highest BCUT2D eigenvalue weighted by Gasteiger charge is 2.35. The Kier molecular flexibility index (Phi) is 3.48. The number of fused-ring (bicyclic) bond motifs is 1. The van der Waals surface area contributed by atoms with Crippen molar-refractivity contribution in [3.63, 3.8) is 0 Å². The van der Waals surface area contributed by atoms with E-state index in [1.165, 1.54) is 6.33 Å². The van der Waals surface area contributed by atoms with Crippen molar-refractivity contribution in [3.05, 3.63) is 12.0 Å². The molecule has 0 aromatic carbocycles. The van der Waals surface area contributed by atoms with Gasteiger partial charge in [-0.3, -0.25) is 4.79 Å². The van der Waals surface area contributed by atoms with E-state index in [-0.39, 0.29) is 6.42 Å². The van der Waals surface area contributed by atoms with Crippen LogP contribution >= 0.6 is 0 Å². The molecule has 1 aliphatic carbocycles. The summed E-state index contributed by atoms with van der Waals surface area (Å²) in [6, 6.07) is 0. The van der Waals surface area contributed by atoms with E-state index in [4.69, 9.17) is 4.52 Å². The van der Waals surface area contributed by atoms with Crippen LogP contribution in [0, 0.1) is 6.92 Å². The summed E-state index contributed by atoms with van der Waals surface area (Å²) < 4.78 is 5.14. The van der Waals surface area contributed by atoms with E-state index in [1.54, 1.807) is 0 Å². The lowest BCUT2D eigenvalue weighted by molar-refractivity contribution is -0.138. The molecule has 3 rings (SSSR count). The summed E-state index contributed by atoms with van der Waals surface area (Å²) >= 11 is 0. The van der Waals surface area contributed by atoms with Gasteiger partial charge in [-0.2, -0.15) is 4.98 Å². The van der Waals surface area contributed by atoms with Crippen molar-refractivity contribution in [3.8, 4) is 0 Å². The minimum atomic E-state index is -0.795. The number of hydrogen-bond acceptors (Lipinski definition) is 6. The second-order valence-corrected chi connectivity index (χ2v) is 5.71. The van der Waals surface area contributed by atoms with Crippen molar-refractivity contribution < 1.29 is 14.4 Å². The van der Waals surface area contributed by atoms with Gasteiger partial charge in [0.15, 0.2) is 0 Å². The molecule has 1 aliphatic rings. The lowest BCUT2D eigenvalue weighted by Gasteiger charge is -2.37. The number of hydrogen-bond donors (Lipinski definition) is 2. The van der Waals surface area contributed by atoms with Crippen LogP contribution in [0.2, 0.25) is 0 Å². The maximum Gasteiger partial charge on any atom is 0.305 e. The number of anilines is 1. The zero-order valence-corrected chi connectivity index (χ0v) is 11.9. The fraction of sp³-hybridized carbons (Fsp3) is 0.571. The van der Waals surface area contributed by atoms with Crippen LogP contribution in [0.15, 0.2) is 10.9 Å². The summed E-state index contributed by atoms with van der Waals surface area (Å²) in [7, 11) is 0. The third-order valence-corrected chi connectivity index (χ3v) is 4.13. The van der Waals surface area contributed by atoms with Crippen molar-refractivity contribution in [1.82, 2.24) is 15.1 Å². The number of carboxylic acid groups (broad SMARTS) is 1. The number of rotatable bonds is 4. The molecule has 2 aromatic heterocycles. The van der Waals surface area contributed by atoms with E-state index in [0.29, 0.717) is 17.2 Å². The molecule has 0 saturated heterocycles. The molecule has 0 unspecified atom stereocenters. The molecule has 0 atom stereocenters. The summed E-state index contributed by atoms with van der Waals surface area (Å²) in [6.07, 6.45) is 6.35. The van der Waals surface area contributed by atoms with Gasteiger partial charge in [-0.05, 0) is 19.8 Å². The number of carbonyl (C=O) groups is 1. The Bertz CT molecular complexity index is 661. The van der Waals surface area contributed by atoms with Crippen LogP contribution in [-0.2, 0) is 4.79 Å². The second kappa shape index (κ2) is 5.31. The first kappa shape index (κ1) is 13.8. The largest absolute Gasteiger partial charge is 0.481 e. The van der Waals surface area contributed by atoms with Gasteiger partial charge in [0, 0.05) is 5.54 Å². The molecule has 7 heteroatoms. The molecule has 2 heterocycles. The smallest absolute Gasteiger partial charge is 0.305 e. The third kappa shape index (κ3) is 2.68. The van der Waals surface area contributed by atoms with E-state index in [2.05, 4.69) is 20.4 Å². The van der Waals surface area contributed by atoms with Crippen LogP contribution in [-0.4, -0.2) is 31.7 Å². The highest BCUT2D eigenvalue weighted by Crippen LogP contribution is 2.36. The molecular formula is C14H18N4O3. The Hall–Kier alpha value is -2.18. The quantitative estimate of drug-likeness (QED) is 0.892. The Labute approximate surface area is 121 Å². The van der Waals surface area contributed by atoms with Crippen molar-refractivity contribution in [2.45, 2.75) is 51.0 Å². The molecule has 7 nitrogen and oxygen atoms in total. The van der Waals surface area contributed by atoms with Gasteiger partial charge in [0.25, 0.3) is 5.71 Å². The number of nitrogens with zero attached hydrogens (tertiary/aromatic N) is 3. The van der Waals surface area contributed by atoms with Gasteiger partial charge in [0.2, 0.25) is 0 Å². The summed E-state index contributed by atoms with van der Waals surface area (Å²) in [6.45, 7) is 1.82. The summed E-state index contributed by atoms with van der Waals surface area (Å²) in [5.41, 5.74) is 0.676. The summed E-state index contributed by atoms with van der Waals surface area (Å²) in [5, 5.41) is 17.2. The average Bonchev–Trinajstić information content (AvgIpc) is 2.82. The number of nitrogens with one attached hydrogen (secondary N) is 1. The van der Waals surface area contributed by atoms with Crippen molar-refractivity contribution in [1.29, 1.82) is 0 Å². The lowest BCUT2D eigenvalue weighted by Crippen LogP contribution is -2.42. The average molecular weight is 290 g/mol. The van der Waals surface area contributed by atoms with Crippen molar-refractivity contribution >= 4 is 22.9 Å². The first-order chi connectivity index (χ1) is 10.1. The maximum atomic E-state index is 11.2. The maximum absolute atomic E-state index is 11.2. The van der Waals surface area contributed by atoms with Crippen LogP contribution in [0.25, 0.3) is 11.1 Å². The SMILES string of the molecule is Cc1noc2ncnc(NC3(CC(=O)O)CCCCC3)c12. The first-order valence-corrected chi connectivity index (χ1v) is 7.17. The van der Waals surface area contributed by atoms with Crippen molar-refractivity contribution in [2.75, 3.05) is 5.32 Å². The van der Waals surface area contributed by atoms with Gasteiger partial charge >= 0.3 is 5.97 Å². The Morgan fingerprint density at radius 2 is 2.14 bits per heavy atom. The molecule has 0 amide bonds. The third-order valence-electron chi connectivity index (χ3n) is 4.13. The fourth-order valence-corrected chi connectivity index (χ4v) is 3.13. The molecule has 0 bridgehead atoms. The Morgan fingerprint density at radius 1 is 1.38 bits per heavy atom. The predicted octanol–water partition coefficient (Wildman–Crippen LogP) is 2.52.